The molecule has 1 aromatic carbocycles. The van der Waals surface area contributed by atoms with Gasteiger partial charge in [0.2, 0.25) is 0 Å². The van der Waals surface area contributed by atoms with Crippen LogP contribution in [0.25, 0.3) is 16.5 Å². The Morgan fingerprint density at radius 3 is 2.88 bits per heavy atom. The Labute approximate surface area is 97.0 Å². The summed E-state index contributed by atoms with van der Waals surface area (Å²) in [6, 6.07) is 6.43. The SMILES string of the molecule is Cc1ccc(/C=C(\C#N)C(=O)O)cc1N=[N+]=[N-]. The molecule has 0 saturated carbocycles. The Hall–Kier alpha value is -2.77. The molecule has 0 aliphatic rings. The maximum atomic E-state index is 10.6. The van der Waals surface area contributed by atoms with Crippen molar-refractivity contribution >= 4 is 17.7 Å². The van der Waals surface area contributed by atoms with Crippen molar-refractivity contribution in [2.75, 3.05) is 0 Å². The molecule has 6 heteroatoms. The lowest BCUT2D eigenvalue weighted by Gasteiger charge is -2.00. The molecule has 0 aromatic heterocycles. The molecule has 1 rings (SSSR count). The van der Waals surface area contributed by atoms with E-state index in [0.717, 1.165) is 5.56 Å². The van der Waals surface area contributed by atoms with Crippen molar-refractivity contribution in [2.45, 2.75) is 6.92 Å². The first-order chi connectivity index (χ1) is 8.08. The Balaban J connectivity index is 3.26. The number of hydrogen-bond acceptors (Lipinski definition) is 3. The van der Waals surface area contributed by atoms with E-state index in [9.17, 15) is 4.79 Å². The van der Waals surface area contributed by atoms with Gasteiger partial charge in [0.1, 0.15) is 11.6 Å². The summed E-state index contributed by atoms with van der Waals surface area (Å²) in [5, 5.41) is 20.8. The van der Waals surface area contributed by atoms with Crippen LogP contribution in [0.1, 0.15) is 11.1 Å². The molecule has 0 heterocycles. The molecule has 6 nitrogen and oxygen atoms in total. The Kier molecular flexibility index (Phi) is 3.87. The van der Waals surface area contributed by atoms with Gasteiger partial charge >= 0.3 is 5.97 Å². The van der Waals surface area contributed by atoms with Crippen LogP contribution >= 0.6 is 0 Å². The number of nitriles is 1. The first kappa shape index (κ1) is 12.3. The maximum absolute atomic E-state index is 10.6. The van der Waals surface area contributed by atoms with Crippen LogP contribution in [0.4, 0.5) is 5.69 Å². The highest BCUT2D eigenvalue weighted by molar-refractivity contribution is 5.96. The molecular weight excluding hydrogens is 220 g/mol. The molecular formula is C11H8N4O2. The highest BCUT2D eigenvalue weighted by Crippen LogP contribution is 2.21. The Morgan fingerprint density at radius 2 is 2.35 bits per heavy atom. The maximum Gasteiger partial charge on any atom is 0.346 e. The van der Waals surface area contributed by atoms with Crippen molar-refractivity contribution in [3.63, 3.8) is 0 Å². The van der Waals surface area contributed by atoms with Crippen LogP contribution in [0.2, 0.25) is 0 Å². The molecule has 0 saturated heterocycles. The summed E-state index contributed by atoms with van der Waals surface area (Å²) in [5.41, 5.74) is 9.65. The Bertz CT molecular complexity index is 578. The van der Waals surface area contributed by atoms with E-state index in [-0.39, 0.29) is 5.57 Å². The number of nitrogens with zero attached hydrogens (tertiary/aromatic N) is 4. The summed E-state index contributed by atoms with van der Waals surface area (Å²) in [5.74, 6) is -1.29. The predicted molar refractivity (Wildman–Crippen MR) is 61.2 cm³/mol. The van der Waals surface area contributed by atoms with Gasteiger partial charge in [0.15, 0.2) is 0 Å². The second-order valence-corrected chi connectivity index (χ2v) is 3.21. The molecule has 0 unspecified atom stereocenters. The quantitative estimate of drug-likeness (QED) is 0.282. The van der Waals surface area contributed by atoms with Crippen molar-refractivity contribution in [3.8, 4) is 6.07 Å². The van der Waals surface area contributed by atoms with Crippen molar-refractivity contribution in [1.29, 1.82) is 5.26 Å². The van der Waals surface area contributed by atoms with Crippen LogP contribution in [0, 0.1) is 18.3 Å². The van der Waals surface area contributed by atoms with Gasteiger partial charge in [-0.2, -0.15) is 5.26 Å². The molecule has 1 N–H and O–H groups in total. The first-order valence-electron chi connectivity index (χ1n) is 4.59. The third-order valence-electron chi connectivity index (χ3n) is 2.05. The molecule has 0 atom stereocenters. The van der Waals surface area contributed by atoms with Crippen LogP contribution in [-0.2, 0) is 4.79 Å². The van der Waals surface area contributed by atoms with Crippen LogP contribution in [0.15, 0.2) is 28.9 Å². The lowest BCUT2D eigenvalue weighted by atomic mass is 10.1. The summed E-state index contributed by atoms with van der Waals surface area (Å²) < 4.78 is 0. The zero-order valence-corrected chi connectivity index (χ0v) is 8.95. The van der Waals surface area contributed by atoms with E-state index in [0.29, 0.717) is 11.3 Å². The van der Waals surface area contributed by atoms with Crippen molar-refractivity contribution in [2.24, 2.45) is 5.11 Å². The van der Waals surface area contributed by atoms with E-state index in [1.807, 2.05) is 0 Å². The number of rotatable bonds is 3. The van der Waals surface area contributed by atoms with E-state index in [1.54, 1.807) is 25.1 Å². The average Bonchev–Trinajstić information content (AvgIpc) is 2.30. The summed E-state index contributed by atoms with van der Waals surface area (Å²) >= 11 is 0. The largest absolute Gasteiger partial charge is 0.477 e. The summed E-state index contributed by atoms with van der Waals surface area (Å²) in [4.78, 5) is 13.3. The minimum Gasteiger partial charge on any atom is -0.477 e. The number of carbonyl (C=O) groups is 1. The monoisotopic (exact) mass is 228 g/mol. The minimum absolute atomic E-state index is 0.374. The lowest BCUT2D eigenvalue weighted by Crippen LogP contribution is -1.97. The summed E-state index contributed by atoms with van der Waals surface area (Å²) in [6.07, 6.45) is 1.22. The normalized spacial score (nSPS) is 10.2. The fourth-order valence-corrected chi connectivity index (χ4v) is 1.18. The van der Waals surface area contributed by atoms with Crippen molar-refractivity contribution < 1.29 is 9.90 Å². The number of azide groups is 1. The van der Waals surface area contributed by atoms with Gasteiger partial charge in [-0.1, -0.05) is 17.2 Å². The highest BCUT2D eigenvalue weighted by atomic mass is 16.4. The topological polar surface area (TPSA) is 110 Å². The van der Waals surface area contributed by atoms with E-state index in [2.05, 4.69) is 10.0 Å². The molecule has 84 valence electrons. The third kappa shape index (κ3) is 3.09. The second-order valence-electron chi connectivity index (χ2n) is 3.21. The van der Waals surface area contributed by atoms with Gasteiger partial charge in [0, 0.05) is 10.6 Å². The van der Waals surface area contributed by atoms with Gasteiger partial charge in [0.25, 0.3) is 0 Å². The summed E-state index contributed by atoms with van der Waals surface area (Å²) in [7, 11) is 0. The van der Waals surface area contributed by atoms with Crippen LogP contribution in [0.5, 0.6) is 0 Å². The predicted octanol–water partition coefficient (Wildman–Crippen LogP) is 2.93. The second kappa shape index (κ2) is 5.35. The number of aliphatic carboxylic acids is 1. The fraction of sp³-hybridized carbons (Fsp3) is 0.0909. The average molecular weight is 228 g/mol. The van der Waals surface area contributed by atoms with Crippen molar-refractivity contribution in [1.82, 2.24) is 0 Å². The van der Waals surface area contributed by atoms with Crippen LogP contribution < -0.4 is 0 Å². The van der Waals surface area contributed by atoms with Gasteiger partial charge in [-0.3, -0.25) is 0 Å². The fourth-order valence-electron chi connectivity index (χ4n) is 1.18. The number of aryl methyl sites for hydroxylation is 1. The molecule has 0 aliphatic heterocycles. The lowest BCUT2D eigenvalue weighted by molar-refractivity contribution is -0.132. The van der Waals surface area contributed by atoms with Crippen LogP contribution in [0.3, 0.4) is 0 Å². The molecule has 0 radical (unpaired) electrons. The molecule has 0 bridgehead atoms. The van der Waals surface area contributed by atoms with E-state index < -0.39 is 5.97 Å². The number of benzene rings is 1. The molecule has 17 heavy (non-hydrogen) atoms. The van der Waals surface area contributed by atoms with Crippen molar-refractivity contribution in [3.05, 3.63) is 45.3 Å². The highest BCUT2D eigenvalue weighted by Gasteiger charge is 2.06. The summed E-state index contributed by atoms with van der Waals surface area (Å²) in [6.45, 7) is 1.76. The molecule has 0 aliphatic carbocycles. The smallest absolute Gasteiger partial charge is 0.346 e. The number of hydrogen-bond donors (Lipinski definition) is 1. The minimum atomic E-state index is -1.29. The van der Waals surface area contributed by atoms with E-state index in [1.165, 1.54) is 12.1 Å². The molecule has 0 fully saturated rings. The number of carboxylic acids is 1. The van der Waals surface area contributed by atoms with E-state index >= 15 is 0 Å². The number of carboxylic acid groups (broad SMARTS) is 1. The standard InChI is InChI=1S/C11H8N4O2/c1-7-2-3-8(5-10(7)14-15-13)4-9(6-12)11(16)17/h2-5H,1H3,(H,16,17)/b9-4+. The molecule has 1 aromatic rings. The van der Waals surface area contributed by atoms with Crippen LogP contribution in [-0.4, -0.2) is 11.1 Å². The van der Waals surface area contributed by atoms with Gasteiger partial charge in [-0.05, 0) is 35.7 Å². The van der Waals surface area contributed by atoms with Gasteiger partial charge in [0.05, 0.1) is 0 Å². The Morgan fingerprint density at radius 1 is 1.65 bits per heavy atom. The third-order valence-corrected chi connectivity index (χ3v) is 2.05. The molecule has 0 amide bonds. The van der Waals surface area contributed by atoms with Gasteiger partial charge in [-0.15, -0.1) is 0 Å². The molecule has 0 spiro atoms. The van der Waals surface area contributed by atoms with Gasteiger partial charge in [-0.25, -0.2) is 4.79 Å². The zero-order valence-electron chi connectivity index (χ0n) is 8.95. The first-order valence-corrected chi connectivity index (χ1v) is 4.59. The zero-order chi connectivity index (χ0) is 12.8. The van der Waals surface area contributed by atoms with Gasteiger partial charge < -0.3 is 5.11 Å². The van der Waals surface area contributed by atoms with E-state index in [4.69, 9.17) is 15.9 Å².